The van der Waals surface area contributed by atoms with E-state index in [0.29, 0.717) is 19.3 Å². The molecule has 3 fully saturated rings. The normalized spacial score (nSPS) is 27.3. The lowest BCUT2D eigenvalue weighted by atomic mass is 9.84. The summed E-state index contributed by atoms with van der Waals surface area (Å²) in [6.07, 6.45) is 16.8. The van der Waals surface area contributed by atoms with Crippen LogP contribution in [0.2, 0.25) is 0 Å². The molecule has 100 heavy (non-hydrogen) atoms. The van der Waals surface area contributed by atoms with Crippen LogP contribution in [0.4, 0.5) is 0 Å². The molecule has 0 aromatic heterocycles. The number of phosphoric acid groups is 1. The second kappa shape index (κ2) is 57.0. The van der Waals surface area contributed by atoms with Crippen LogP contribution in [0.5, 0.6) is 0 Å². The van der Waals surface area contributed by atoms with Gasteiger partial charge in [-0.3, -0.25) is 23.4 Å². The number of hydrogen-bond acceptors (Lipinski definition) is 23. The van der Waals surface area contributed by atoms with Gasteiger partial charge in [0.1, 0.15) is 98.7 Å². The molecule has 18 unspecified atom stereocenters. The van der Waals surface area contributed by atoms with E-state index in [9.17, 15) is 74.9 Å². The average Bonchev–Trinajstić information content (AvgIpc) is 0.762. The molecule has 25 heteroatoms. The van der Waals surface area contributed by atoms with E-state index in [1.807, 2.05) is 0 Å². The van der Waals surface area contributed by atoms with Gasteiger partial charge < -0.3 is 89.1 Å². The Morgan fingerprint density at radius 1 is 0.380 bits per heavy atom. The van der Waals surface area contributed by atoms with Crippen LogP contribution in [0.1, 0.15) is 316 Å². The number of carbonyl (C=O) groups excluding carboxylic acids is 3. The standard InChI is InChI=1S/C75H139O24P/c1-4-7-10-13-16-19-22-25-28-30-32-35-37-40-43-46-49-59(77)91-53-56(94-61(79)51-48-45-42-39-36-33-29-26-23-20-17-14-11-8-5-2)54-93-100(89,90)99-73-71(97-74-69(87)64(82)62(80)57(52-76)95-74)67(85)66(84)68(86)72(73)98-75-70(88)65(83)63(81)58(96-75)55-92-60(78)50-47-44-41-38-34-31-27-24-21-18-15-12-9-6-3/h20,23,56-58,62-76,80-88H,4-19,21-22,24-55H2,1-3H3,(H,89,90)/b23-20-. The van der Waals surface area contributed by atoms with Crippen molar-refractivity contribution in [1.29, 1.82) is 0 Å². The summed E-state index contributed by atoms with van der Waals surface area (Å²) in [4.78, 5) is 51.1. The van der Waals surface area contributed by atoms with Crippen molar-refractivity contribution in [2.45, 2.75) is 420 Å². The van der Waals surface area contributed by atoms with Crippen LogP contribution in [0.25, 0.3) is 0 Å². The number of carbonyl (C=O) groups is 3. The number of hydrogen-bond donors (Lipinski definition) is 11. The molecule has 0 spiro atoms. The zero-order valence-corrected chi connectivity index (χ0v) is 62.4. The SMILES string of the molecule is CCCCCC/C=C\CCCCCCCCCC(=O)OC(COC(=O)CCCCCCCCCCCCCCCCCC)COP(=O)(O)OC1C(OC2OC(CO)C(O)C(O)C2O)C(O)C(O)C(O)C1OC1OC(COC(=O)CCCCCCCCCCCCCCCC)C(O)C(O)C1O. The largest absolute Gasteiger partial charge is 0.472 e. The van der Waals surface area contributed by atoms with Crippen LogP contribution in [0.3, 0.4) is 0 Å². The topological polar surface area (TPSA) is 374 Å². The lowest BCUT2D eigenvalue weighted by molar-refractivity contribution is -0.360. The Labute approximate surface area is 599 Å². The molecule has 11 N–H and O–H groups in total. The van der Waals surface area contributed by atoms with Gasteiger partial charge in [-0.15, -0.1) is 0 Å². The lowest BCUT2D eigenvalue weighted by Crippen LogP contribution is -2.69. The van der Waals surface area contributed by atoms with E-state index >= 15 is 0 Å². The van der Waals surface area contributed by atoms with E-state index in [2.05, 4.69) is 32.9 Å². The molecule has 0 radical (unpaired) electrons. The summed E-state index contributed by atoms with van der Waals surface area (Å²) in [7, 11) is -5.70. The van der Waals surface area contributed by atoms with Crippen LogP contribution >= 0.6 is 7.82 Å². The zero-order valence-electron chi connectivity index (χ0n) is 61.5. The summed E-state index contributed by atoms with van der Waals surface area (Å²) in [5.41, 5.74) is 0. The minimum Gasteiger partial charge on any atom is -0.463 e. The lowest BCUT2D eigenvalue weighted by Gasteiger charge is -2.49. The summed E-state index contributed by atoms with van der Waals surface area (Å²) in [5.74, 6) is -1.98. The van der Waals surface area contributed by atoms with Crippen molar-refractivity contribution in [3.05, 3.63) is 12.2 Å². The number of ether oxygens (including phenoxy) is 7. The van der Waals surface area contributed by atoms with Crippen LogP contribution < -0.4 is 0 Å². The van der Waals surface area contributed by atoms with Gasteiger partial charge in [-0.05, 0) is 44.9 Å². The van der Waals surface area contributed by atoms with E-state index in [-0.39, 0.29) is 19.3 Å². The molecule has 3 aliphatic rings. The molecule has 0 bridgehead atoms. The van der Waals surface area contributed by atoms with E-state index in [0.717, 1.165) is 109 Å². The van der Waals surface area contributed by atoms with Gasteiger partial charge in [-0.1, -0.05) is 264 Å². The molecular weight excluding hydrogens is 1320 g/mol. The van der Waals surface area contributed by atoms with Crippen LogP contribution in [0, 0.1) is 0 Å². The number of unbranched alkanes of at least 4 members (excludes halogenated alkanes) is 39. The van der Waals surface area contributed by atoms with Crippen molar-refractivity contribution in [3.8, 4) is 0 Å². The Balaban J connectivity index is 1.72. The molecule has 2 aliphatic heterocycles. The number of aliphatic hydroxyl groups excluding tert-OH is 10. The third kappa shape index (κ3) is 39.3. The summed E-state index contributed by atoms with van der Waals surface area (Å²) in [5, 5.41) is 110. The summed E-state index contributed by atoms with van der Waals surface area (Å²) in [6.45, 7) is 3.47. The highest BCUT2D eigenvalue weighted by molar-refractivity contribution is 7.47. The summed E-state index contributed by atoms with van der Waals surface area (Å²) >= 11 is 0. The van der Waals surface area contributed by atoms with Crippen molar-refractivity contribution >= 4 is 25.7 Å². The first-order chi connectivity index (χ1) is 48.3. The Hall–Kier alpha value is -2.30. The number of rotatable bonds is 62. The molecule has 18 atom stereocenters. The molecular formula is C75H139O24P. The molecule has 2 heterocycles. The Morgan fingerprint density at radius 3 is 1.09 bits per heavy atom. The highest BCUT2D eigenvalue weighted by Gasteiger charge is 2.58. The van der Waals surface area contributed by atoms with Gasteiger partial charge >= 0.3 is 25.7 Å². The third-order valence-electron chi connectivity index (χ3n) is 19.5. The van der Waals surface area contributed by atoms with E-state index in [4.69, 9.17) is 42.2 Å². The van der Waals surface area contributed by atoms with E-state index < -0.39 is 156 Å². The monoisotopic (exact) mass is 1450 g/mol. The molecule has 3 rings (SSSR count). The molecule has 0 amide bonds. The maximum absolute atomic E-state index is 14.4. The van der Waals surface area contributed by atoms with Crippen molar-refractivity contribution in [2.75, 3.05) is 26.4 Å². The van der Waals surface area contributed by atoms with E-state index in [1.54, 1.807) is 0 Å². The van der Waals surface area contributed by atoms with Crippen LogP contribution in [-0.2, 0) is 61.2 Å². The van der Waals surface area contributed by atoms with Gasteiger partial charge in [-0.25, -0.2) is 4.57 Å². The molecule has 1 aliphatic carbocycles. The number of esters is 3. The highest BCUT2D eigenvalue weighted by Crippen LogP contribution is 2.49. The minimum atomic E-state index is -5.70. The molecule has 1 saturated carbocycles. The van der Waals surface area contributed by atoms with Crippen molar-refractivity contribution in [1.82, 2.24) is 0 Å². The van der Waals surface area contributed by atoms with Crippen molar-refractivity contribution < 1.29 is 117 Å². The number of phosphoric ester groups is 1. The van der Waals surface area contributed by atoms with Crippen LogP contribution in [0.15, 0.2) is 12.2 Å². The van der Waals surface area contributed by atoms with Gasteiger partial charge in [0.15, 0.2) is 18.7 Å². The zero-order chi connectivity index (χ0) is 73.2. The van der Waals surface area contributed by atoms with Gasteiger partial charge in [0.2, 0.25) is 0 Å². The maximum atomic E-state index is 14.4. The average molecular weight is 1460 g/mol. The minimum absolute atomic E-state index is 0.0325. The molecule has 0 aromatic carbocycles. The van der Waals surface area contributed by atoms with Gasteiger partial charge in [0.25, 0.3) is 0 Å². The molecule has 588 valence electrons. The fourth-order valence-corrected chi connectivity index (χ4v) is 14.1. The van der Waals surface area contributed by atoms with E-state index in [1.165, 1.54) is 148 Å². The van der Waals surface area contributed by atoms with Crippen molar-refractivity contribution in [3.63, 3.8) is 0 Å². The second-order valence-corrected chi connectivity index (χ2v) is 29.8. The first-order valence-electron chi connectivity index (χ1n) is 39.5. The van der Waals surface area contributed by atoms with Gasteiger partial charge in [0.05, 0.1) is 13.2 Å². The Morgan fingerprint density at radius 2 is 0.700 bits per heavy atom. The molecule has 0 aromatic rings. The fourth-order valence-electron chi connectivity index (χ4n) is 13.1. The summed E-state index contributed by atoms with van der Waals surface area (Å²) < 4.78 is 65.1. The smallest absolute Gasteiger partial charge is 0.463 e. The molecule has 2 saturated heterocycles. The highest BCUT2D eigenvalue weighted by atomic mass is 31.2. The number of allylic oxidation sites excluding steroid dienone is 2. The Kier molecular flexibility index (Phi) is 52.3. The first kappa shape index (κ1) is 91.9. The van der Waals surface area contributed by atoms with Gasteiger partial charge in [0, 0.05) is 19.3 Å². The first-order valence-corrected chi connectivity index (χ1v) is 41.0. The van der Waals surface area contributed by atoms with Crippen LogP contribution in [-0.4, -0.2) is 204 Å². The second-order valence-electron chi connectivity index (χ2n) is 28.4. The van der Waals surface area contributed by atoms with Crippen molar-refractivity contribution in [2.24, 2.45) is 0 Å². The maximum Gasteiger partial charge on any atom is 0.472 e. The fraction of sp³-hybridized carbons (Fsp3) is 0.933. The predicted molar refractivity (Wildman–Crippen MR) is 379 cm³/mol. The Bertz CT molecular complexity index is 2110. The third-order valence-corrected chi connectivity index (χ3v) is 20.5. The summed E-state index contributed by atoms with van der Waals surface area (Å²) in [6, 6.07) is 0. The number of aliphatic hydroxyl groups is 10. The quantitative estimate of drug-likeness (QED) is 0.00886. The predicted octanol–water partition coefficient (Wildman–Crippen LogP) is 11.5. The van der Waals surface area contributed by atoms with Gasteiger partial charge in [-0.2, -0.15) is 0 Å². The molecule has 24 nitrogen and oxygen atoms in total.